The smallest absolute Gasteiger partial charge is 0.272 e. The summed E-state index contributed by atoms with van der Waals surface area (Å²) >= 11 is 0. The molecule has 0 saturated carbocycles. The van der Waals surface area contributed by atoms with E-state index in [1.54, 1.807) is 19.4 Å². The second-order valence-corrected chi connectivity index (χ2v) is 6.41. The largest absolute Gasteiger partial charge is 0.497 e. The number of amides is 1. The van der Waals surface area contributed by atoms with E-state index < -0.39 is 0 Å². The van der Waals surface area contributed by atoms with Crippen molar-refractivity contribution in [3.8, 4) is 17.0 Å². The summed E-state index contributed by atoms with van der Waals surface area (Å²) in [5.74, 6) is 0.438. The lowest BCUT2D eigenvalue weighted by Gasteiger charge is -2.09. The van der Waals surface area contributed by atoms with Crippen LogP contribution in [0, 0.1) is 0 Å². The van der Waals surface area contributed by atoms with Crippen molar-refractivity contribution in [2.45, 2.75) is 0 Å². The number of aromatic nitrogens is 1. The number of pyridine rings is 1. The van der Waals surface area contributed by atoms with E-state index in [0.717, 1.165) is 33.5 Å². The van der Waals surface area contributed by atoms with Crippen LogP contribution in [-0.2, 0) is 0 Å². The molecule has 4 rings (SSSR count). The third-order valence-electron chi connectivity index (χ3n) is 4.50. The van der Waals surface area contributed by atoms with E-state index >= 15 is 0 Å². The number of nitrogens with one attached hydrogen (secondary N) is 1. The number of ether oxygens (including phenoxy) is 1. The second-order valence-electron chi connectivity index (χ2n) is 6.41. The first-order valence-electron chi connectivity index (χ1n) is 9.17. The highest BCUT2D eigenvalue weighted by molar-refractivity contribution is 6.07. The van der Waals surface area contributed by atoms with Crippen LogP contribution in [0.1, 0.15) is 15.9 Å². The van der Waals surface area contributed by atoms with Crippen LogP contribution in [0.25, 0.3) is 22.2 Å². The Labute approximate surface area is 168 Å². The van der Waals surface area contributed by atoms with Crippen molar-refractivity contribution in [1.82, 2.24) is 10.4 Å². The molecule has 4 aromatic rings. The van der Waals surface area contributed by atoms with Gasteiger partial charge in [0.2, 0.25) is 0 Å². The van der Waals surface area contributed by atoms with Gasteiger partial charge in [0.1, 0.15) is 5.75 Å². The Morgan fingerprint density at radius 2 is 1.76 bits per heavy atom. The Hall–Kier alpha value is -3.99. The average Bonchev–Trinajstić information content (AvgIpc) is 2.79. The molecule has 0 fully saturated rings. The number of carbonyl (C=O) groups is 1. The van der Waals surface area contributed by atoms with E-state index in [4.69, 9.17) is 9.72 Å². The van der Waals surface area contributed by atoms with Crippen molar-refractivity contribution in [2.75, 3.05) is 7.11 Å². The maximum atomic E-state index is 12.9. The van der Waals surface area contributed by atoms with E-state index in [1.807, 2.05) is 78.9 Å². The standard InChI is InChI=1S/C24H19N3O2/c1-29-19-11-7-8-17(14-19)16-25-27-24(28)21-15-23(18-9-3-2-4-10-18)26-22-13-6-5-12-20(21)22/h2-16H,1H3,(H,27,28)/b25-16-. The first-order valence-corrected chi connectivity index (χ1v) is 9.17. The molecule has 0 atom stereocenters. The summed E-state index contributed by atoms with van der Waals surface area (Å²) in [7, 11) is 1.61. The molecule has 1 amide bonds. The lowest BCUT2D eigenvalue weighted by molar-refractivity contribution is 0.0956. The summed E-state index contributed by atoms with van der Waals surface area (Å²) < 4.78 is 5.20. The predicted molar refractivity (Wildman–Crippen MR) is 115 cm³/mol. The minimum Gasteiger partial charge on any atom is -0.497 e. The molecule has 0 saturated heterocycles. The number of hydrogen-bond donors (Lipinski definition) is 1. The maximum Gasteiger partial charge on any atom is 0.272 e. The molecule has 0 radical (unpaired) electrons. The maximum absolute atomic E-state index is 12.9. The molecule has 5 heteroatoms. The van der Waals surface area contributed by atoms with E-state index in [-0.39, 0.29) is 5.91 Å². The molecule has 0 spiro atoms. The van der Waals surface area contributed by atoms with Gasteiger partial charge in [-0.2, -0.15) is 5.10 Å². The van der Waals surface area contributed by atoms with Crippen LogP contribution < -0.4 is 10.2 Å². The summed E-state index contributed by atoms with van der Waals surface area (Å²) in [4.78, 5) is 17.6. The fourth-order valence-corrected chi connectivity index (χ4v) is 3.07. The highest BCUT2D eigenvalue weighted by Gasteiger charge is 2.13. The first-order chi connectivity index (χ1) is 14.2. The Kier molecular flexibility index (Phi) is 5.29. The van der Waals surface area contributed by atoms with Crippen LogP contribution in [0.2, 0.25) is 0 Å². The summed E-state index contributed by atoms with van der Waals surface area (Å²) in [6.07, 6.45) is 1.59. The van der Waals surface area contributed by atoms with Crippen LogP contribution >= 0.6 is 0 Å². The molecule has 1 N–H and O–H groups in total. The highest BCUT2D eigenvalue weighted by atomic mass is 16.5. The predicted octanol–water partition coefficient (Wildman–Crippen LogP) is 4.67. The number of para-hydroxylation sites is 1. The summed E-state index contributed by atoms with van der Waals surface area (Å²) in [6.45, 7) is 0. The zero-order valence-electron chi connectivity index (χ0n) is 15.9. The minimum absolute atomic E-state index is 0.292. The number of fused-ring (bicyclic) bond motifs is 1. The zero-order chi connectivity index (χ0) is 20.1. The molecule has 142 valence electrons. The zero-order valence-corrected chi connectivity index (χ0v) is 15.9. The van der Waals surface area contributed by atoms with Crippen LogP contribution in [0.4, 0.5) is 0 Å². The van der Waals surface area contributed by atoms with Crippen molar-refractivity contribution in [2.24, 2.45) is 5.10 Å². The summed E-state index contributed by atoms with van der Waals surface area (Å²) in [5.41, 5.74) is 6.42. The van der Waals surface area contributed by atoms with E-state index in [0.29, 0.717) is 5.56 Å². The number of hydrogen-bond acceptors (Lipinski definition) is 4. The summed E-state index contributed by atoms with van der Waals surface area (Å²) in [6, 6.07) is 26.6. The van der Waals surface area contributed by atoms with Crippen molar-refractivity contribution < 1.29 is 9.53 Å². The molecular formula is C24H19N3O2. The molecule has 29 heavy (non-hydrogen) atoms. The second kappa shape index (κ2) is 8.35. The van der Waals surface area contributed by atoms with Gasteiger partial charge in [-0.25, -0.2) is 10.4 Å². The Balaban J connectivity index is 1.65. The van der Waals surface area contributed by atoms with Gasteiger partial charge < -0.3 is 4.74 Å². The Bertz CT molecular complexity index is 1190. The average molecular weight is 381 g/mol. The van der Waals surface area contributed by atoms with Crippen LogP contribution in [0.3, 0.4) is 0 Å². The monoisotopic (exact) mass is 381 g/mol. The van der Waals surface area contributed by atoms with E-state index in [1.165, 1.54) is 0 Å². The number of hydrazone groups is 1. The van der Waals surface area contributed by atoms with Gasteiger partial charge in [0.15, 0.2) is 0 Å². The van der Waals surface area contributed by atoms with Gasteiger partial charge in [0.05, 0.1) is 30.1 Å². The van der Waals surface area contributed by atoms with Crippen LogP contribution in [0.15, 0.2) is 90.0 Å². The number of methoxy groups -OCH3 is 1. The molecule has 0 unspecified atom stereocenters. The van der Waals surface area contributed by atoms with Crippen molar-refractivity contribution in [3.05, 3.63) is 96.1 Å². The lowest BCUT2D eigenvalue weighted by atomic mass is 10.0. The van der Waals surface area contributed by atoms with Crippen molar-refractivity contribution in [3.63, 3.8) is 0 Å². The molecule has 0 aliphatic carbocycles. The van der Waals surface area contributed by atoms with E-state index in [9.17, 15) is 4.79 Å². The molecule has 3 aromatic carbocycles. The van der Waals surface area contributed by atoms with Crippen LogP contribution in [0.5, 0.6) is 5.75 Å². The quantitative estimate of drug-likeness (QED) is 0.403. The number of nitrogens with zero attached hydrogens (tertiary/aromatic N) is 2. The third-order valence-corrected chi connectivity index (χ3v) is 4.50. The highest BCUT2D eigenvalue weighted by Crippen LogP contribution is 2.24. The van der Waals surface area contributed by atoms with Gasteiger partial charge in [0, 0.05) is 10.9 Å². The minimum atomic E-state index is -0.292. The Morgan fingerprint density at radius 1 is 0.966 bits per heavy atom. The van der Waals surface area contributed by atoms with Gasteiger partial charge in [-0.05, 0) is 29.8 Å². The van der Waals surface area contributed by atoms with Gasteiger partial charge in [-0.1, -0.05) is 60.7 Å². The Morgan fingerprint density at radius 3 is 2.59 bits per heavy atom. The lowest BCUT2D eigenvalue weighted by Crippen LogP contribution is -2.18. The SMILES string of the molecule is COc1cccc(/C=N\NC(=O)c2cc(-c3ccccc3)nc3ccccc23)c1. The normalized spacial score (nSPS) is 10.9. The molecular weight excluding hydrogens is 362 g/mol. The van der Waals surface area contributed by atoms with Gasteiger partial charge in [-0.3, -0.25) is 4.79 Å². The van der Waals surface area contributed by atoms with Gasteiger partial charge in [-0.15, -0.1) is 0 Å². The van der Waals surface area contributed by atoms with E-state index in [2.05, 4.69) is 10.5 Å². The number of carbonyl (C=O) groups excluding carboxylic acids is 1. The topological polar surface area (TPSA) is 63.6 Å². The van der Waals surface area contributed by atoms with Crippen molar-refractivity contribution >= 4 is 23.0 Å². The fraction of sp³-hybridized carbons (Fsp3) is 0.0417. The molecule has 1 heterocycles. The molecule has 1 aromatic heterocycles. The number of rotatable bonds is 5. The van der Waals surface area contributed by atoms with Gasteiger partial charge in [0.25, 0.3) is 5.91 Å². The molecule has 0 aliphatic rings. The molecule has 0 aliphatic heterocycles. The van der Waals surface area contributed by atoms with Gasteiger partial charge >= 0.3 is 0 Å². The van der Waals surface area contributed by atoms with Crippen LogP contribution in [-0.4, -0.2) is 24.2 Å². The summed E-state index contributed by atoms with van der Waals surface area (Å²) in [5, 5.41) is 4.88. The molecule has 5 nitrogen and oxygen atoms in total. The fourth-order valence-electron chi connectivity index (χ4n) is 3.07. The third kappa shape index (κ3) is 4.14. The first kappa shape index (κ1) is 18.4. The molecule has 0 bridgehead atoms. The number of benzene rings is 3. The van der Waals surface area contributed by atoms with Crippen molar-refractivity contribution in [1.29, 1.82) is 0 Å².